The third-order valence-electron chi connectivity index (χ3n) is 4.50. The number of aryl methyl sites for hydroxylation is 3. The van der Waals surface area contributed by atoms with Gasteiger partial charge in [0.15, 0.2) is 18.1 Å². The smallest absolute Gasteiger partial charge is 0.343 e. The van der Waals surface area contributed by atoms with Crippen molar-refractivity contribution in [2.75, 3.05) is 27.4 Å². The van der Waals surface area contributed by atoms with E-state index in [-0.39, 0.29) is 12.5 Å². The Hall–Kier alpha value is -3.02. The third kappa shape index (κ3) is 5.49. The Labute approximate surface area is 165 Å². The van der Waals surface area contributed by atoms with Gasteiger partial charge in [-0.3, -0.25) is 4.79 Å². The summed E-state index contributed by atoms with van der Waals surface area (Å²) < 4.78 is 15.2. The van der Waals surface area contributed by atoms with Crippen LogP contribution < -0.4 is 14.8 Å². The quantitative estimate of drug-likeness (QED) is 0.707. The number of methoxy groups -OCH3 is 2. The maximum absolute atomic E-state index is 12.5. The van der Waals surface area contributed by atoms with Crippen LogP contribution in [0.1, 0.15) is 32.6 Å². The number of amides is 1. The lowest BCUT2D eigenvalue weighted by atomic mass is 9.97. The zero-order chi connectivity index (χ0) is 20.7. The lowest BCUT2D eigenvalue weighted by molar-refractivity contribution is -0.142. The topological polar surface area (TPSA) is 73.9 Å². The number of ether oxygens (including phenoxy) is 3. The van der Waals surface area contributed by atoms with Gasteiger partial charge in [-0.2, -0.15) is 0 Å². The molecule has 28 heavy (non-hydrogen) atoms. The molecule has 0 saturated carbocycles. The second-order valence-corrected chi connectivity index (χ2v) is 6.61. The Morgan fingerprint density at radius 2 is 1.64 bits per heavy atom. The van der Waals surface area contributed by atoms with Gasteiger partial charge in [-0.05, 0) is 62.1 Å². The Kier molecular flexibility index (Phi) is 7.44. The molecular weight excluding hydrogens is 358 g/mol. The molecule has 2 aromatic carbocycles. The molecule has 1 amide bonds. The Balaban J connectivity index is 1.99. The van der Waals surface area contributed by atoms with Gasteiger partial charge < -0.3 is 19.5 Å². The molecule has 0 atom stereocenters. The van der Waals surface area contributed by atoms with E-state index in [0.29, 0.717) is 23.6 Å². The number of carbonyl (C=O) groups excluding carboxylic acids is 2. The van der Waals surface area contributed by atoms with Gasteiger partial charge in [0.2, 0.25) is 0 Å². The monoisotopic (exact) mass is 385 g/mol. The average molecular weight is 385 g/mol. The molecule has 0 unspecified atom stereocenters. The van der Waals surface area contributed by atoms with Crippen LogP contribution in [-0.4, -0.2) is 39.2 Å². The van der Waals surface area contributed by atoms with Gasteiger partial charge in [0.25, 0.3) is 5.91 Å². The van der Waals surface area contributed by atoms with E-state index in [1.54, 1.807) is 18.2 Å². The van der Waals surface area contributed by atoms with Crippen molar-refractivity contribution in [3.63, 3.8) is 0 Å². The average Bonchev–Trinajstić information content (AvgIpc) is 2.67. The van der Waals surface area contributed by atoms with E-state index in [1.165, 1.54) is 36.5 Å². The van der Waals surface area contributed by atoms with Crippen molar-refractivity contribution in [3.05, 3.63) is 58.1 Å². The third-order valence-corrected chi connectivity index (χ3v) is 4.50. The summed E-state index contributed by atoms with van der Waals surface area (Å²) in [5, 5.41) is 2.94. The van der Waals surface area contributed by atoms with E-state index in [0.717, 1.165) is 6.42 Å². The molecule has 0 heterocycles. The predicted octanol–water partition coefficient (Wildman–Crippen LogP) is 3.14. The first-order valence-electron chi connectivity index (χ1n) is 9.08. The highest BCUT2D eigenvalue weighted by Gasteiger charge is 2.13. The first-order valence-corrected chi connectivity index (χ1v) is 9.08. The summed E-state index contributed by atoms with van der Waals surface area (Å²) in [5.74, 6) is 0.0583. The number of hydrogen-bond donors (Lipinski definition) is 1. The molecule has 6 nitrogen and oxygen atoms in total. The number of nitrogens with one attached hydrogen (secondary N) is 1. The zero-order valence-corrected chi connectivity index (χ0v) is 17.0. The first kappa shape index (κ1) is 21.3. The number of hydrogen-bond acceptors (Lipinski definition) is 5. The molecule has 0 aromatic heterocycles. The highest BCUT2D eigenvalue weighted by Crippen LogP contribution is 2.28. The van der Waals surface area contributed by atoms with Gasteiger partial charge in [0.1, 0.15) is 0 Å². The van der Waals surface area contributed by atoms with Crippen LogP contribution in [0.3, 0.4) is 0 Å². The van der Waals surface area contributed by atoms with Gasteiger partial charge in [-0.25, -0.2) is 4.79 Å². The fourth-order valence-electron chi connectivity index (χ4n) is 3.13. The van der Waals surface area contributed by atoms with Crippen molar-refractivity contribution < 1.29 is 23.8 Å². The summed E-state index contributed by atoms with van der Waals surface area (Å²) in [5.41, 5.74) is 5.43. The lowest BCUT2D eigenvalue weighted by Crippen LogP contribution is -2.26. The van der Waals surface area contributed by atoms with Crippen LogP contribution in [0.4, 0.5) is 0 Å². The fraction of sp³-hybridized carbons (Fsp3) is 0.364. The molecule has 1 N–H and O–H groups in total. The molecule has 150 valence electrons. The second-order valence-electron chi connectivity index (χ2n) is 6.61. The van der Waals surface area contributed by atoms with Crippen LogP contribution in [0.2, 0.25) is 0 Å². The van der Waals surface area contributed by atoms with Crippen molar-refractivity contribution in [2.45, 2.75) is 27.2 Å². The Bertz CT molecular complexity index is 837. The van der Waals surface area contributed by atoms with Crippen LogP contribution >= 0.6 is 0 Å². The Morgan fingerprint density at radius 1 is 0.964 bits per heavy atom. The van der Waals surface area contributed by atoms with Crippen molar-refractivity contribution in [1.29, 1.82) is 0 Å². The molecule has 6 heteroatoms. The summed E-state index contributed by atoms with van der Waals surface area (Å²) in [7, 11) is 2.76. The van der Waals surface area contributed by atoms with E-state index in [2.05, 4.69) is 43.0 Å². The molecular formula is C22H27NO5. The minimum Gasteiger partial charge on any atom is -0.493 e. The fourth-order valence-corrected chi connectivity index (χ4v) is 3.13. The van der Waals surface area contributed by atoms with E-state index in [4.69, 9.17) is 9.47 Å². The standard InChI is InChI=1S/C22H27NO5/c1-14-10-15(2)18(16(3)11-14)8-9-23-22(25)17-6-7-19(20(12-17)26-4)28-13-21(24)27-5/h6-7,10-12H,8-9,13H2,1-5H3,(H,23,25). The molecule has 2 aromatic rings. The predicted molar refractivity (Wildman–Crippen MR) is 107 cm³/mol. The summed E-state index contributed by atoms with van der Waals surface area (Å²) in [4.78, 5) is 23.7. The second kappa shape index (κ2) is 9.78. The number of esters is 1. The van der Waals surface area contributed by atoms with Crippen molar-refractivity contribution in [1.82, 2.24) is 5.32 Å². The zero-order valence-electron chi connectivity index (χ0n) is 17.0. The van der Waals surface area contributed by atoms with Crippen LogP contribution in [0.5, 0.6) is 11.5 Å². The highest BCUT2D eigenvalue weighted by atomic mass is 16.6. The SMILES string of the molecule is COC(=O)COc1ccc(C(=O)NCCc2c(C)cc(C)cc2C)cc1OC. The number of benzene rings is 2. The summed E-state index contributed by atoms with van der Waals surface area (Å²) in [6.07, 6.45) is 0.765. The van der Waals surface area contributed by atoms with Gasteiger partial charge in [-0.1, -0.05) is 17.7 Å². The maximum Gasteiger partial charge on any atom is 0.343 e. The lowest BCUT2D eigenvalue weighted by Gasteiger charge is -2.13. The summed E-state index contributed by atoms with van der Waals surface area (Å²) in [6, 6.07) is 9.13. The van der Waals surface area contributed by atoms with Crippen LogP contribution in [-0.2, 0) is 16.0 Å². The first-order chi connectivity index (χ1) is 13.3. The highest BCUT2D eigenvalue weighted by molar-refractivity contribution is 5.94. The van der Waals surface area contributed by atoms with Gasteiger partial charge in [-0.15, -0.1) is 0 Å². The van der Waals surface area contributed by atoms with Gasteiger partial charge in [0.05, 0.1) is 14.2 Å². The van der Waals surface area contributed by atoms with Crippen LogP contribution in [0.15, 0.2) is 30.3 Å². The maximum atomic E-state index is 12.5. The molecule has 0 fully saturated rings. The Morgan fingerprint density at radius 3 is 2.25 bits per heavy atom. The van der Waals surface area contributed by atoms with Crippen molar-refractivity contribution in [2.24, 2.45) is 0 Å². The molecule has 0 aliphatic carbocycles. The van der Waals surface area contributed by atoms with Crippen molar-refractivity contribution in [3.8, 4) is 11.5 Å². The normalized spacial score (nSPS) is 10.3. The number of carbonyl (C=O) groups is 2. The largest absolute Gasteiger partial charge is 0.493 e. The van der Waals surface area contributed by atoms with E-state index in [1.807, 2.05) is 0 Å². The van der Waals surface area contributed by atoms with Gasteiger partial charge >= 0.3 is 5.97 Å². The molecule has 0 aliphatic heterocycles. The summed E-state index contributed by atoms with van der Waals surface area (Å²) >= 11 is 0. The van der Waals surface area contributed by atoms with E-state index >= 15 is 0 Å². The molecule has 0 aliphatic rings. The molecule has 2 rings (SSSR count). The van der Waals surface area contributed by atoms with Crippen LogP contribution in [0.25, 0.3) is 0 Å². The molecule has 0 radical (unpaired) electrons. The number of rotatable bonds is 8. The molecule has 0 bridgehead atoms. The van der Waals surface area contributed by atoms with Gasteiger partial charge in [0, 0.05) is 12.1 Å². The van der Waals surface area contributed by atoms with Crippen molar-refractivity contribution >= 4 is 11.9 Å². The molecule has 0 saturated heterocycles. The van der Waals surface area contributed by atoms with Crippen LogP contribution in [0, 0.1) is 20.8 Å². The summed E-state index contributed by atoms with van der Waals surface area (Å²) in [6.45, 7) is 6.57. The minimum atomic E-state index is -0.495. The minimum absolute atomic E-state index is 0.194. The van der Waals surface area contributed by atoms with E-state index < -0.39 is 5.97 Å². The molecule has 0 spiro atoms. The van der Waals surface area contributed by atoms with E-state index in [9.17, 15) is 9.59 Å².